The Labute approximate surface area is 367 Å². The highest BCUT2D eigenvalue weighted by atomic mass is 35.5. The molecule has 0 aromatic carbocycles. The van der Waals surface area contributed by atoms with Crippen LogP contribution in [-0.4, -0.2) is 114 Å². The van der Waals surface area contributed by atoms with Crippen LogP contribution in [0.1, 0.15) is 63.4 Å². The maximum atomic E-state index is 15.4. The van der Waals surface area contributed by atoms with Crippen LogP contribution < -0.4 is 15.6 Å². The number of rotatable bonds is 7. The number of likely N-dealkylation sites (N-methyl/N-ethyl adjacent to an activating group) is 1. The van der Waals surface area contributed by atoms with Crippen molar-refractivity contribution in [1.29, 1.82) is 0 Å². The number of thiophene rings is 1. The van der Waals surface area contributed by atoms with Gasteiger partial charge in [-0.15, -0.1) is 22.7 Å². The number of pyridine rings is 1. The van der Waals surface area contributed by atoms with Crippen LogP contribution in [0.4, 0.5) is 14.5 Å². The number of methoxy groups -OCH3 is 1. The van der Waals surface area contributed by atoms with Gasteiger partial charge in [-0.05, 0) is 51.3 Å². The number of alkyl halides is 2. The van der Waals surface area contributed by atoms with Crippen LogP contribution in [0.3, 0.4) is 0 Å². The molecule has 9 rings (SSSR count). The topological polar surface area (TPSA) is 134 Å². The highest BCUT2D eigenvalue weighted by Gasteiger charge is 2.75. The van der Waals surface area contributed by atoms with E-state index in [9.17, 15) is 14.4 Å². The van der Waals surface area contributed by atoms with Gasteiger partial charge in [0.05, 0.1) is 68.4 Å². The van der Waals surface area contributed by atoms with E-state index in [-0.39, 0.29) is 43.4 Å². The largest absolute Gasteiger partial charge is 0.464 e. The Morgan fingerprint density at radius 1 is 1.21 bits per heavy atom. The fraction of sp³-hybridized carbons (Fsp3) is 0.605. The number of carbonyl (C=O) groups is 3. The van der Waals surface area contributed by atoms with E-state index >= 15 is 8.78 Å². The van der Waals surface area contributed by atoms with Crippen molar-refractivity contribution in [2.45, 2.75) is 84.5 Å². The summed E-state index contributed by atoms with van der Waals surface area (Å²) in [7, 11) is 3.80. The first-order chi connectivity index (χ1) is 29.0. The van der Waals surface area contributed by atoms with E-state index in [4.69, 9.17) is 31.0 Å². The Bertz CT molecular complexity index is 2390. The minimum atomic E-state index is -3.17. The number of thiazole rings is 1. The Morgan fingerprint density at radius 2 is 1.95 bits per heavy atom. The number of halogens is 3. The molecule has 2 saturated heterocycles. The van der Waals surface area contributed by atoms with Crippen LogP contribution in [0.2, 0.25) is 5.02 Å². The van der Waals surface area contributed by atoms with Crippen LogP contribution in [0.15, 0.2) is 17.6 Å². The molecular formula is C43H53ClF2N8O5S2. The third-order valence-electron chi connectivity index (χ3n) is 13.3. The van der Waals surface area contributed by atoms with E-state index in [1.54, 1.807) is 18.4 Å². The van der Waals surface area contributed by atoms with Gasteiger partial charge in [0.25, 0.3) is 11.8 Å². The molecule has 6 bridgehead atoms. The van der Waals surface area contributed by atoms with Gasteiger partial charge in [0, 0.05) is 80.5 Å². The van der Waals surface area contributed by atoms with Crippen LogP contribution in [-0.2, 0) is 43.2 Å². The number of aromatic nitrogens is 3. The first-order valence-electron chi connectivity index (χ1n) is 21.2. The van der Waals surface area contributed by atoms with E-state index < -0.39 is 47.1 Å². The zero-order chi connectivity index (χ0) is 43.3. The zero-order valence-corrected chi connectivity index (χ0v) is 37.9. The Balaban J connectivity index is 1.19. The van der Waals surface area contributed by atoms with E-state index in [1.165, 1.54) is 11.3 Å². The average molecular weight is 900 g/mol. The molecular weight excluding hydrogens is 846 g/mol. The molecule has 2 N–H and O–H groups in total. The summed E-state index contributed by atoms with van der Waals surface area (Å²) in [5.41, 5.74) is 7.35. The summed E-state index contributed by atoms with van der Waals surface area (Å²) in [5, 5.41) is 7.86. The van der Waals surface area contributed by atoms with Crippen molar-refractivity contribution in [3.63, 3.8) is 0 Å². The number of ether oxygens (including phenoxy) is 2. The van der Waals surface area contributed by atoms with Crippen molar-refractivity contribution in [2.24, 2.45) is 29.1 Å². The number of fused-ring (bicyclic) bond motifs is 8. The van der Waals surface area contributed by atoms with Gasteiger partial charge in [-0.25, -0.2) is 19.2 Å². The number of nitrogens with one attached hydrogen (secondary N) is 2. The summed E-state index contributed by atoms with van der Waals surface area (Å²) in [4.78, 5) is 58.0. The SMILES string of the molecule is CCn1c(-c2cc(N3CCN(C)CC3)cnc2[C@H](C)OC)c2c3c(Cl)c(sc31)-c1csc(n1)C[C@H](NC(=O)[C@H]1C[C@@H]1C)C(=O)N1C[C@@H]3[C@H]([C@H](N1)C(=O)OCC(C)(C)C2)C3(F)F. The van der Waals surface area contributed by atoms with Crippen molar-refractivity contribution >= 4 is 68.0 Å². The van der Waals surface area contributed by atoms with Crippen molar-refractivity contribution < 1.29 is 32.6 Å². The molecule has 2 amide bonds. The van der Waals surface area contributed by atoms with Gasteiger partial charge in [-0.3, -0.25) is 24.4 Å². The number of hydrogen-bond acceptors (Lipinski definition) is 12. The monoisotopic (exact) mass is 898 g/mol. The number of esters is 1. The second-order valence-electron chi connectivity index (χ2n) is 18.3. The second kappa shape index (κ2) is 15.8. The summed E-state index contributed by atoms with van der Waals surface area (Å²) in [6, 6.07) is -0.365. The van der Waals surface area contributed by atoms with Crippen LogP contribution in [0.25, 0.3) is 32.0 Å². The van der Waals surface area contributed by atoms with Gasteiger partial charge < -0.3 is 29.2 Å². The number of anilines is 1. The second-order valence-corrected chi connectivity index (χ2v) is 20.6. The van der Waals surface area contributed by atoms with E-state index in [2.05, 4.69) is 45.1 Å². The molecule has 0 unspecified atom stereocenters. The predicted molar refractivity (Wildman–Crippen MR) is 232 cm³/mol. The zero-order valence-electron chi connectivity index (χ0n) is 35.5. The fourth-order valence-corrected chi connectivity index (χ4v) is 12.0. The molecule has 0 radical (unpaired) electrons. The van der Waals surface area contributed by atoms with Crippen molar-refractivity contribution in [3.05, 3.63) is 38.9 Å². The molecule has 4 fully saturated rings. The molecule has 2 saturated carbocycles. The highest BCUT2D eigenvalue weighted by molar-refractivity contribution is 7.23. The number of carbonyl (C=O) groups excluding carboxylic acids is 3. The lowest BCUT2D eigenvalue weighted by Gasteiger charge is -2.34. The molecule has 61 heavy (non-hydrogen) atoms. The Kier molecular flexibility index (Phi) is 11.0. The normalized spacial score (nSPS) is 28.0. The number of cyclic esters (lactones) is 1. The number of hydrogen-bond donors (Lipinski definition) is 2. The lowest BCUT2D eigenvalue weighted by Crippen LogP contribution is -2.61. The molecule has 7 heterocycles. The number of amides is 2. The van der Waals surface area contributed by atoms with Crippen molar-refractivity contribution in [3.8, 4) is 21.8 Å². The lowest BCUT2D eigenvalue weighted by molar-refractivity contribution is -0.156. The fourth-order valence-electron chi connectivity index (χ4n) is 9.39. The molecule has 13 nitrogen and oxygen atoms in total. The molecule has 0 spiro atoms. The van der Waals surface area contributed by atoms with Crippen LogP contribution in [0.5, 0.6) is 0 Å². The summed E-state index contributed by atoms with van der Waals surface area (Å²) in [5.74, 6) is -7.51. The minimum Gasteiger partial charge on any atom is -0.464 e. The van der Waals surface area contributed by atoms with Crippen LogP contribution >= 0.6 is 34.3 Å². The standard InChI is InChI=1S/C43H53ClF2N8O5S2/c1-8-53-36(25-14-23(17-47-34(25)22(3)58-7)52-11-9-51(6)10-12-52)26-16-42(4,5)20-59-41(57)35-32-27(43(32,45)46)18-54(50-35)39(56)28(49-38(55)24-13-21(24)2)15-30-48-29(19-60-30)37-33(44)31(26)40(53)61-37/h14,17,19,21-22,24,27-28,32,35,50H,8-13,15-16,18,20H2,1-7H3,(H,49,55)/t21-,22-,24-,27+,28-,32+,35-/m0/s1. The third-order valence-corrected chi connectivity index (χ3v) is 15.9. The molecule has 5 aliphatic rings. The summed E-state index contributed by atoms with van der Waals surface area (Å²) in [6.07, 6.45) is 2.72. The quantitative estimate of drug-likeness (QED) is 0.200. The maximum absolute atomic E-state index is 15.4. The molecule has 4 aromatic heterocycles. The van der Waals surface area contributed by atoms with Crippen molar-refractivity contribution in [2.75, 3.05) is 58.4 Å². The summed E-state index contributed by atoms with van der Waals surface area (Å²) >= 11 is 10.4. The number of aryl methyl sites for hydroxylation is 1. The lowest BCUT2D eigenvalue weighted by atomic mass is 9.84. The first-order valence-corrected chi connectivity index (χ1v) is 23.3. The van der Waals surface area contributed by atoms with Crippen molar-refractivity contribution in [1.82, 2.24) is 35.2 Å². The van der Waals surface area contributed by atoms with Gasteiger partial charge in [-0.2, -0.15) is 0 Å². The molecule has 2 aliphatic carbocycles. The Morgan fingerprint density at radius 3 is 2.64 bits per heavy atom. The van der Waals surface area contributed by atoms with E-state index in [0.717, 1.165) is 74.5 Å². The average Bonchev–Trinajstić information content (AvgIpc) is 3.85. The number of nitrogens with zero attached hydrogens (tertiary/aromatic N) is 6. The summed E-state index contributed by atoms with van der Waals surface area (Å²) < 4.78 is 44.9. The Hall–Kier alpha value is -3.74. The molecule has 18 heteroatoms. The third kappa shape index (κ3) is 7.64. The molecule has 3 aliphatic heterocycles. The number of piperazine rings is 1. The predicted octanol–water partition coefficient (Wildman–Crippen LogP) is 6.43. The number of hydrazine groups is 1. The molecule has 4 aromatic rings. The first kappa shape index (κ1) is 42.6. The summed E-state index contributed by atoms with van der Waals surface area (Å²) in [6.45, 7) is 13.8. The van der Waals surface area contributed by atoms with Gasteiger partial charge >= 0.3 is 5.97 Å². The van der Waals surface area contributed by atoms with Crippen LogP contribution in [0, 0.1) is 29.1 Å². The van der Waals surface area contributed by atoms with Gasteiger partial charge in [0.2, 0.25) is 5.91 Å². The molecule has 7 atom stereocenters. The van der Waals surface area contributed by atoms with Gasteiger partial charge in [0.15, 0.2) is 0 Å². The highest BCUT2D eigenvalue weighted by Crippen LogP contribution is 2.59. The smallest absolute Gasteiger partial charge is 0.325 e. The van der Waals surface area contributed by atoms with E-state index in [0.29, 0.717) is 35.1 Å². The molecule has 328 valence electrons. The van der Waals surface area contributed by atoms with Gasteiger partial charge in [0.1, 0.15) is 16.9 Å². The van der Waals surface area contributed by atoms with Gasteiger partial charge in [-0.1, -0.05) is 32.4 Å². The maximum Gasteiger partial charge on any atom is 0.325 e. The van der Waals surface area contributed by atoms with E-state index in [1.807, 2.05) is 39.3 Å². The minimum absolute atomic E-state index is 0.0263.